The second kappa shape index (κ2) is 4.08. The van der Waals surface area contributed by atoms with Crippen LogP contribution in [0.1, 0.15) is 35.0 Å². The number of carbonyl (C=O) groups is 2. The molecule has 5 heteroatoms. The highest BCUT2D eigenvalue weighted by Crippen LogP contribution is 2.15. The lowest BCUT2D eigenvalue weighted by molar-refractivity contribution is -0.121. The van der Waals surface area contributed by atoms with Crippen LogP contribution in [0, 0.1) is 13.8 Å². The first-order valence-electron chi connectivity index (χ1n) is 5.33. The first-order chi connectivity index (χ1) is 7.58. The minimum atomic E-state index is -0.230. The molecule has 0 saturated carbocycles. The predicted octanol–water partition coefficient (Wildman–Crippen LogP) is 1.10. The van der Waals surface area contributed by atoms with Gasteiger partial charge in [0.05, 0.1) is 12.2 Å². The molecular formula is C11H14N2O3. The predicted molar refractivity (Wildman–Crippen MR) is 56.1 cm³/mol. The molecule has 1 saturated heterocycles. The molecule has 1 aromatic heterocycles. The van der Waals surface area contributed by atoms with Crippen molar-refractivity contribution in [1.29, 1.82) is 0 Å². The standard InChI is InChI=1S/C11H14N2O3/c1-7-10(16-8(2)12-7)11(15)13-5-3-4-9(14)6-13/h3-6H2,1-2H3. The quantitative estimate of drug-likeness (QED) is 0.713. The van der Waals surface area contributed by atoms with Crippen LogP contribution in [0.4, 0.5) is 0 Å². The molecule has 1 aromatic rings. The molecule has 2 heterocycles. The van der Waals surface area contributed by atoms with Crippen molar-refractivity contribution < 1.29 is 14.0 Å². The van der Waals surface area contributed by atoms with Gasteiger partial charge in [-0.3, -0.25) is 9.59 Å². The molecule has 0 N–H and O–H groups in total. The zero-order valence-electron chi connectivity index (χ0n) is 9.45. The zero-order chi connectivity index (χ0) is 11.7. The molecule has 0 aromatic carbocycles. The van der Waals surface area contributed by atoms with Gasteiger partial charge in [-0.15, -0.1) is 0 Å². The van der Waals surface area contributed by atoms with Crippen molar-refractivity contribution >= 4 is 11.7 Å². The van der Waals surface area contributed by atoms with Crippen LogP contribution in [0.2, 0.25) is 0 Å². The monoisotopic (exact) mass is 222 g/mol. The summed E-state index contributed by atoms with van der Waals surface area (Å²) in [5.74, 6) is 0.607. The lowest BCUT2D eigenvalue weighted by atomic mass is 10.1. The normalized spacial score (nSPS) is 16.6. The minimum absolute atomic E-state index is 0.105. The third-order valence-corrected chi connectivity index (χ3v) is 2.64. The van der Waals surface area contributed by atoms with E-state index in [2.05, 4.69) is 4.98 Å². The van der Waals surface area contributed by atoms with Gasteiger partial charge in [-0.2, -0.15) is 0 Å². The number of ketones is 1. The van der Waals surface area contributed by atoms with Gasteiger partial charge in [-0.1, -0.05) is 0 Å². The summed E-state index contributed by atoms with van der Waals surface area (Å²) in [6.45, 7) is 4.24. The number of nitrogens with zero attached hydrogens (tertiary/aromatic N) is 2. The number of piperidine rings is 1. The number of aryl methyl sites for hydroxylation is 2. The minimum Gasteiger partial charge on any atom is -0.436 e. The van der Waals surface area contributed by atoms with Crippen LogP contribution in [0.5, 0.6) is 0 Å². The van der Waals surface area contributed by atoms with E-state index in [1.165, 1.54) is 4.90 Å². The number of Topliss-reactive ketones (excluding diaryl/α,β-unsaturated/α-hetero) is 1. The van der Waals surface area contributed by atoms with E-state index in [-0.39, 0.29) is 24.0 Å². The summed E-state index contributed by atoms with van der Waals surface area (Å²) < 4.78 is 5.25. The van der Waals surface area contributed by atoms with Crippen LogP contribution in [-0.4, -0.2) is 34.7 Å². The number of hydrogen-bond donors (Lipinski definition) is 0. The highest BCUT2D eigenvalue weighted by Gasteiger charge is 2.26. The fourth-order valence-electron chi connectivity index (χ4n) is 1.88. The van der Waals surface area contributed by atoms with Gasteiger partial charge in [0, 0.05) is 19.9 Å². The van der Waals surface area contributed by atoms with Gasteiger partial charge in [0.2, 0.25) is 5.76 Å². The molecule has 16 heavy (non-hydrogen) atoms. The molecule has 0 aliphatic carbocycles. The summed E-state index contributed by atoms with van der Waals surface area (Å²) in [6, 6.07) is 0. The maximum absolute atomic E-state index is 12.0. The average molecular weight is 222 g/mol. The highest BCUT2D eigenvalue weighted by atomic mass is 16.4. The fraction of sp³-hybridized carbons (Fsp3) is 0.545. The van der Waals surface area contributed by atoms with E-state index in [1.807, 2.05) is 0 Å². The number of amides is 1. The van der Waals surface area contributed by atoms with Crippen molar-refractivity contribution in [3.8, 4) is 0 Å². The second-order valence-electron chi connectivity index (χ2n) is 4.02. The van der Waals surface area contributed by atoms with E-state index in [0.717, 1.165) is 6.42 Å². The number of aromatic nitrogens is 1. The molecule has 1 aliphatic rings. The summed E-state index contributed by atoms with van der Waals surface area (Å²) in [6.07, 6.45) is 1.30. The van der Waals surface area contributed by atoms with E-state index in [0.29, 0.717) is 24.6 Å². The lowest BCUT2D eigenvalue weighted by Gasteiger charge is -2.24. The Morgan fingerprint density at radius 2 is 2.19 bits per heavy atom. The van der Waals surface area contributed by atoms with Crippen LogP contribution in [0.25, 0.3) is 0 Å². The average Bonchev–Trinajstić information content (AvgIpc) is 2.57. The lowest BCUT2D eigenvalue weighted by Crippen LogP contribution is -2.40. The first-order valence-corrected chi connectivity index (χ1v) is 5.33. The largest absolute Gasteiger partial charge is 0.436 e. The van der Waals surface area contributed by atoms with Gasteiger partial charge in [-0.25, -0.2) is 4.98 Å². The Hall–Kier alpha value is -1.65. The Bertz CT molecular complexity index is 436. The molecule has 86 valence electrons. The number of hydrogen-bond acceptors (Lipinski definition) is 4. The highest BCUT2D eigenvalue weighted by molar-refractivity contribution is 5.96. The van der Waals surface area contributed by atoms with Gasteiger partial charge in [-0.05, 0) is 13.3 Å². The van der Waals surface area contributed by atoms with E-state index < -0.39 is 0 Å². The van der Waals surface area contributed by atoms with Gasteiger partial charge < -0.3 is 9.32 Å². The summed E-state index contributed by atoms with van der Waals surface area (Å²) >= 11 is 0. The molecule has 1 aliphatic heterocycles. The Labute approximate surface area is 93.4 Å². The van der Waals surface area contributed by atoms with Gasteiger partial charge in [0.1, 0.15) is 0 Å². The third-order valence-electron chi connectivity index (χ3n) is 2.64. The maximum atomic E-state index is 12.0. The summed E-state index contributed by atoms with van der Waals surface area (Å²) in [5, 5.41) is 0. The van der Waals surface area contributed by atoms with E-state index >= 15 is 0 Å². The van der Waals surface area contributed by atoms with Crippen molar-refractivity contribution in [3.63, 3.8) is 0 Å². The fourth-order valence-corrected chi connectivity index (χ4v) is 1.88. The molecule has 2 rings (SSSR count). The number of oxazole rings is 1. The van der Waals surface area contributed by atoms with Gasteiger partial charge >= 0.3 is 0 Å². The molecule has 5 nitrogen and oxygen atoms in total. The van der Waals surface area contributed by atoms with Crippen molar-refractivity contribution in [1.82, 2.24) is 9.88 Å². The molecule has 1 fully saturated rings. The number of rotatable bonds is 1. The number of likely N-dealkylation sites (tertiary alicyclic amines) is 1. The summed E-state index contributed by atoms with van der Waals surface area (Å²) in [5.41, 5.74) is 0.584. The van der Waals surface area contributed by atoms with E-state index in [4.69, 9.17) is 4.42 Å². The number of carbonyl (C=O) groups excluding carboxylic acids is 2. The Kier molecular flexibility index (Phi) is 2.77. The van der Waals surface area contributed by atoms with Crippen molar-refractivity contribution in [2.75, 3.05) is 13.1 Å². The van der Waals surface area contributed by atoms with Crippen molar-refractivity contribution in [3.05, 3.63) is 17.3 Å². The van der Waals surface area contributed by atoms with E-state index in [1.54, 1.807) is 13.8 Å². The first kappa shape index (κ1) is 10.9. The molecule has 0 radical (unpaired) electrons. The Morgan fingerprint density at radius 1 is 1.44 bits per heavy atom. The van der Waals surface area contributed by atoms with Crippen LogP contribution < -0.4 is 0 Å². The molecule has 0 bridgehead atoms. The van der Waals surface area contributed by atoms with Gasteiger partial charge in [0.25, 0.3) is 5.91 Å². The SMILES string of the molecule is Cc1nc(C)c(C(=O)N2CCCC(=O)C2)o1. The van der Waals surface area contributed by atoms with Crippen LogP contribution in [-0.2, 0) is 4.79 Å². The Morgan fingerprint density at radius 3 is 2.75 bits per heavy atom. The smallest absolute Gasteiger partial charge is 0.291 e. The summed E-state index contributed by atoms with van der Waals surface area (Å²) in [4.78, 5) is 28.9. The van der Waals surface area contributed by atoms with Gasteiger partial charge in [0.15, 0.2) is 11.7 Å². The molecule has 0 atom stereocenters. The summed E-state index contributed by atoms with van der Waals surface area (Å²) in [7, 11) is 0. The van der Waals surface area contributed by atoms with Crippen molar-refractivity contribution in [2.45, 2.75) is 26.7 Å². The maximum Gasteiger partial charge on any atom is 0.291 e. The molecule has 0 unspecified atom stereocenters. The third kappa shape index (κ3) is 1.98. The molecular weight excluding hydrogens is 208 g/mol. The second-order valence-corrected chi connectivity index (χ2v) is 4.02. The van der Waals surface area contributed by atoms with Crippen LogP contribution >= 0.6 is 0 Å². The topological polar surface area (TPSA) is 63.4 Å². The molecule has 1 amide bonds. The van der Waals surface area contributed by atoms with Crippen molar-refractivity contribution in [2.24, 2.45) is 0 Å². The molecule has 0 spiro atoms. The van der Waals surface area contributed by atoms with Crippen LogP contribution in [0.15, 0.2) is 4.42 Å². The Balaban J connectivity index is 2.18. The zero-order valence-corrected chi connectivity index (χ0v) is 9.45. The van der Waals surface area contributed by atoms with E-state index in [9.17, 15) is 9.59 Å². The van der Waals surface area contributed by atoms with Crippen LogP contribution in [0.3, 0.4) is 0 Å².